The van der Waals surface area contributed by atoms with E-state index >= 15 is 0 Å². The topological polar surface area (TPSA) is 87.6 Å². The Morgan fingerprint density at radius 2 is 2.14 bits per heavy atom. The van der Waals surface area contributed by atoms with Crippen molar-refractivity contribution in [1.29, 1.82) is 0 Å². The van der Waals surface area contributed by atoms with E-state index in [0.29, 0.717) is 24.8 Å². The number of aliphatic carboxylic acids is 1. The van der Waals surface area contributed by atoms with Crippen LogP contribution in [0.4, 0.5) is 0 Å². The van der Waals surface area contributed by atoms with Gasteiger partial charge in [-0.05, 0) is 25.0 Å². The lowest BCUT2D eigenvalue weighted by Gasteiger charge is -2.30. The van der Waals surface area contributed by atoms with Crippen molar-refractivity contribution >= 4 is 26.8 Å². The van der Waals surface area contributed by atoms with Gasteiger partial charge in [-0.3, -0.25) is 9.78 Å². The fourth-order valence-electron chi connectivity index (χ4n) is 2.82. The van der Waals surface area contributed by atoms with E-state index in [0.717, 1.165) is 5.39 Å². The lowest BCUT2D eigenvalue weighted by molar-refractivity contribution is -0.142. The monoisotopic (exact) mass is 320 g/mol. The third-order valence-corrected chi connectivity index (χ3v) is 5.92. The summed E-state index contributed by atoms with van der Waals surface area (Å²) in [5.74, 6) is -1.58. The smallest absolute Gasteiger partial charge is 0.307 e. The third kappa shape index (κ3) is 2.57. The number of hydrogen-bond acceptors (Lipinski definition) is 4. The summed E-state index contributed by atoms with van der Waals surface area (Å²) in [6.45, 7) is 0.382. The molecule has 22 heavy (non-hydrogen) atoms. The van der Waals surface area contributed by atoms with Gasteiger partial charge in [0.15, 0.2) is 0 Å². The number of benzene rings is 1. The minimum absolute atomic E-state index is 0.0269. The number of rotatable bonds is 3. The van der Waals surface area contributed by atoms with Crippen LogP contribution in [0.1, 0.15) is 12.8 Å². The zero-order valence-corrected chi connectivity index (χ0v) is 12.7. The average Bonchev–Trinajstić information content (AvgIpc) is 2.54. The summed E-state index contributed by atoms with van der Waals surface area (Å²) >= 11 is 0. The highest BCUT2D eigenvalue weighted by molar-refractivity contribution is 7.89. The molecule has 1 saturated heterocycles. The van der Waals surface area contributed by atoms with Gasteiger partial charge in [0.25, 0.3) is 0 Å². The van der Waals surface area contributed by atoms with Crippen molar-refractivity contribution in [2.75, 3.05) is 13.1 Å². The van der Waals surface area contributed by atoms with Gasteiger partial charge < -0.3 is 5.11 Å². The number of aromatic nitrogens is 1. The molecule has 7 heteroatoms. The molecule has 1 aromatic heterocycles. The van der Waals surface area contributed by atoms with E-state index in [-0.39, 0.29) is 11.4 Å². The standard InChI is InChI=1S/C15H16N2O4S/c18-15(19)12-4-2-8-17(10-12)22(20,21)14-5-1-3-11-9-16-7-6-13(11)14/h1,3,5-7,9,12H,2,4,8,10H2,(H,18,19). The first-order valence-electron chi connectivity index (χ1n) is 7.06. The number of carboxylic acids is 1. The maximum atomic E-state index is 12.9. The molecule has 0 spiro atoms. The van der Waals surface area contributed by atoms with E-state index < -0.39 is 21.9 Å². The molecule has 1 unspecified atom stereocenters. The van der Waals surface area contributed by atoms with Gasteiger partial charge >= 0.3 is 5.97 Å². The van der Waals surface area contributed by atoms with Gasteiger partial charge in [0.2, 0.25) is 10.0 Å². The molecule has 0 saturated carbocycles. The van der Waals surface area contributed by atoms with E-state index in [4.69, 9.17) is 5.11 Å². The van der Waals surface area contributed by atoms with Gasteiger partial charge in [-0.25, -0.2) is 8.42 Å². The van der Waals surface area contributed by atoms with Crippen LogP contribution in [0.15, 0.2) is 41.6 Å². The van der Waals surface area contributed by atoms with Gasteiger partial charge in [0.1, 0.15) is 0 Å². The molecule has 6 nitrogen and oxygen atoms in total. The van der Waals surface area contributed by atoms with Crippen molar-refractivity contribution in [3.05, 3.63) is 36.7 Å². The second-order valence-electron chi connectivity index (χ2n) is 5.39. The Hall–Kier alpha value is -1.99. The van der Waals surface area contributed by atoms with Crippen molar-refractivity contribution in [3.63, 3.8) is 0 Å². The Balaban J connectivity index is 2.03. The normalized spacial score (nSPS) is 20.1. The first-order chi connectivity index (χ1) is 10.5. The minimum Gasteiger partial charge on any atom is -0.481 e. The van der Waals surface area contributed by atoms with Crippen LogP contribution in [-0.4, -0.2) is 41.9 Å². The molecule has 2 aromatic rings. The molecular weight excluding hydrogens is 304 g/mol. The fraction of sp³-hybridized carbons (Fsp3) is 0.333. The van der Waals surface area contributed by atoms with Crippen molar-refractivity contribution in [3.8, 4) is 0 Å². The van der Waals surface area contributed by atoms with Crippen molar-refractivity contribution < 1.29 is 18.3 Å². The molecule has 116 valence electrons. The first kappa shape index (κ1) is 14.9. The maximum absolute atomic E-state index is 12.9. The first-order valence-corrected chi connectivity index (χ1v) is 8.50. The average molecular weight is 320 g/mol. The third-order valence-electron chi connectivity index (χ3n) is 3.99. The summed E-state index contributed by atoms with van der Waals surface area (Å²) in [7, 11) is -3.71. The van der Waals surface area contributed by atoms with E-state index in [2.05, 4.69) is 4.98 Å². The Bertz CT molecular complexity index is 814. The quantitative estimate of drug-likeness (QED) is 0.930. The number of pyridine rings is 1. The van der Waals surface area contributed by atoms with Gasteiger partial charge in [0.05, 0.1) is 10.8 Å². The van der Waals surface area contributed by atoms with Crippen LogP contribution in [-0.2, 0) is 14.8 Å². The largest absolute Gasteiger partial charge is 0.481 e. The summed E-state index contributed by atoms with van der Waals surface area (Å²) in [5, 5.41) is 10.5. The minimum atomic E-state index is -3.71. The van der Waals surface area contributed by atoms with Crippen molar-refractivity contribution in [2.45, 2.75) is 17.7 Å². The van der Waals surface area contributed by atoms with Crippen LogP contribution in [0.3, 0.4) is 0 Å². The van der Waals surface area contributed by atoms with E-state index in [1.54, 1.807) is 36.7 Å². The van der Waals surface area contributed by atoms with Crippen LogP contribution < -0.4 is 0 Å². The summed E-state index contributed by atoms with van der Waals surface area (Å²) in [6, 6.07) is 6.70. The molecule has 1 aromatic carbocycles. The molecule has 0 aliphatic carbocycles. The van der Waals surface area contributed by atoms with Crippen LogP contribution in [0.5, 0.6) is 0 Å². The molecule has 0 radical (unpaired) electrons. The molecular formula is C15H16N2O4S. The number of carbonyl (C=O) groups is 1. The Labute approximate surface area is 128 Å². The summed E-state index contributed by atoms with van der Waals surface area (Å²) < 4.78 is 27.0. The second-order valence-corrected chi connectivity index (χ2v) is 7.30. The molecule has 1 aliphatic heterocycles. The molecule has 0 amide bonds. The van der Waals surface area contributed by atoms with E-state index in [1.807, 2.05) is 0 Å². The number of piperidine rings is 1. The highest BCUT2D eigenvalue weighted by Crippen LogP contribution is 2.28. The fourth-order valence-corrected chi connectivity index (χ4v) is 4.56. The number of fused-ring (bicyclic) bond motifs is 1. The Morgan fingerprint density at radius 1 is 1.32 bits per heavy atom. The lowest BCUT2D eigenvalue weighted by atomic mass is 10.0. The highest BCUT2D eigenvalue weighted by Gasteiger charge is 2.33. The molecule has 1 fully saturated rings. The SMILES string of the molecule is O=C(O)C1CCCN(S(=O)(=O)c2cccc3cnccc23)C1. The van der Waals surface area contributed by atoms with Crippen LogP contribution in [0, 0.1) is 5.92 Å². The molecule has 2 heterocycles. The van der Waals surface area contributed by atoms with Gasteiger partial charge in [-0.15, -0.1) is 0 Å². The van der Waals surface area contributed by atoms with Gasteiger partial charge in [-0.2, -0.15) is 4.31 Å². The predicted octanol–water partition coefficient (Wildman–Crippen LogP) is 1.72. The number of carboxylic acid groups (broad SMARTS) is 1. The molecule has 1 N–H and O–H groups in total. The molecule has 1 atom stereocenters. The number of sulfonamides is 1. The zero-order chi connectivity index (χ0) is 15.7. The van der Waals surface area contributed by atoms with Crippen LogP contribution in [0.2, 0.25) is 0 Å². The number of hydrogen-bond donors (Lipinski definition) is 1. The lowest BCUT2D eigenvalue weighted by Crippen LogP contribution is -2.42. The summed E-state index contributed by atoms with van der Waals surface area (Å²) in [5.41, 5.74) is 0. The maximum Gasteiger partial charge on any atom is 0.307 e. The Kier molecular flexibility index (Phi) is 3.84. The highest BCUT2D eigenvalue weighted by atomic mass is 32.2. The molecule has 0 bridgehead atoms. The Morgan fingerprint density at radius 3 is 2.91 bits per heavy atom. The molecule has 3 rings (SSSR count). The van der Waals surface area contributed by atoms with E-state index in [9.17, 15) is 13.2 Å². The summed E-state index contributed by atoms with van der Waals surface area (Å²) in [4.78, 5) is 15.4. The molecule has 1 aliphatic rings. The second kappa shape index (κ2) is 5.66. The van der Waals surface area contributed by atoms with Gasteiger partial charge in [-0.1, -0.05) is 12.1 Å². The van der Waals surface area contributed by atoms with Crippen molar-refractivity contribution in [1.82, 2.24) is 9.29 Å². The van der Waals surface area contributed by atoms with Gasteiger partial charge in [0, 0.05) is 36.3 Å². The summed E-state index contributed by atoms with van der Waals surface area (Å²) in [6.07, 6.45) is 4.24. The number of nitrogens with zero attached hydrogens (tertiary/aromatic N) is 2. The van der Waals surface area contributed by atoms with Crippen LogP contribution >= 0.6 is 0 Å². The predicted molar refractivity (Wildman–Crippen MR) is 80.9 cm³/mol. The van der Waals surface area contributed by atoms with Crippen molar-refractivity contribution in [2.24, 2.45) is 5.92 Å². The van der Waals surface area contributed by atoms with Crippen LogP contribution in [0.25, 0.3) is 10.8 Å². The zero-order valence-electron chi connectivity index (χ0n) is 11.8. The van der Waals surface area contributed by atoms with E-state index in [1.165, 1.54) is 4.31 Å².